The van der Waals surface area contributed by atoms with Crippen molar-refractivity contribution in [2.75, 3.05) is 0 Å². The summed E-state index contributed by atoms with van der Waals surface area (Å²) >= 11 is 0. The van der Waals surface area contributed by atoms with Crippen molar-refractivity contribution in [3.63, 3.8) is 0 Å². The monoisotopic (exact) mass is 729 g/mol. The zero-order chi connectivity index (χ0) is 37.9. The average molecular weight is 730 g/mol. The van der Waals surface area contributed by atoms with Gasteiger partial charge in [-0.25, -0.2) is 15.0 Å². The first-order chi connectivity index (χ1) is 28.2. The number of hydrogen-bond acceptors (Lipinski definition) is 3. The van der Waals surface area contributed by atoms with Gasteiger partial charge in [-0.05, 0) is 61.0 Å². The lowest BCUT2D eigenvalue weighted by Gasteiger charge is -2.17. The Labute approximate surface area is 329 Å². The Balaban J connectivity index is 1.21. The Morgan fingerprint density at radius 2 is 0.930 bits per heavy atom. The molecule has 5 nitrogen and oxygen atoms in total. The number of para-hydroxylation sites is 3. The minimum absolute atomic E-state index is 0.625. The Hall–Kier alpha value is -7.63. The van der Waals surface area contributed by atoms with Crippen molar-refractivity contribution < 1.29 is 0 Å². The highest BCUT2D eigenvalue weighted by Gasteiger charge is 2.23. The summed E-state index contributed by atoms with van der Waals surface area (Å²) in [4.78, 5) is 15.2. The zero-order valence-corrected chi connectivity index (χ0v) is 31.2. The number of nitrogens with zero attached hydrogens (tertiary/aromatic N) is 5. The highest BCUT2D eigenvalue weighted by atomic mass is 15.0. The topological polar surface area (TPSA) is 48.5 Å². The van der Waals surface area contributed by atoms with E-state index >= 15 is 0 Å². The Morgan fingerprint density at radius 1 is 0.368 bits per heavy atom. The van der Waals surface area contributed by atoms with Gasteiger partial charge in [0.25, 0.3) is 0 Å². The minimum atomic E-state index is 0.625. The van der Waals surface area contributed by atoms with Crippen molar-refractivity contribution in [1.82, 2.24) is 24.1 Å². The molecule has 5 heteroatoms. The van der Waals surface area contributed by atoms with Crippen molar-refractivity contribution in [2.45, 2.75) is 6.92 Å². The lowest BCUT2D eigenvalue weighted by atomic mass is 9.98. The van der Waals surface area contributed by atoms with E-state index in [-0.39, 0.29) is 0 Å². The van der Waals surface area contributed by atoms with Crippen LogP contribution in [-0.2, 0) is 0 Å². The van der Waals surface area contributed by atoms with Gasteiger partial charge >= 0.3 is 0 Å². The van der Waals surface area contributed by atoms with Crippen LogP contribution in [0.5, 0.6) is 0 Å². The number of fused-ring (bicyclic) bond motifs is 7. The Morgan fingerprint density at radius 3 is 1.60 bits per heavy atom. The van der Waals surface area contributed by atoms with Gasteiger partial charge in [-0.1, -0.05) is 151 Å². The number of aryl methyl sites for hydroxylation is 1. The standard InChI is InChI=1S/C52H35N5/c1-34-16-15-21-37(32-34)43-33-38(52-54-50(35-17-5-2-6-18-35)53-51(55-52)36-19-7-3-8-20-36)28-30-46(43)57-45-27-14-12-25-42(45)48-47(57)31-29-41-40-24-11-13-26-44(40)56(49(41)48)39-22-9-4-10-23-39/h2-33H,1H3. The van der Waals surface area contributed by atoms with Gasteiger partial charge in [-0.3, -0.25) is 0 Å². The van der Waals surface area contributed by atoms with E-state index < -0.39 is 0 Å². The molecule has 0 aliphatic carbocycles. The molecule has 0 aliphatic heterocycles. The normalized spacial score (nSPS) is 11.6. The highest BCUT2D eigenvalue weighted by molar-refractivity contribution is 6.26. The smallest absolute Gasteiger partial charge is 0.164 e. The Kier molecular flexibility index (Phi) is 7.64. The molecule has 57 heavy (non-hydrogen) atoms. The van der Waals surface area contributed by atoms with Gasteiger partial charge < -0.3 is 9.13 Å². The van der Waals surface area contributed by atoms with E-state index in [9.17, 15) is 0 Å². The second-order valence-corrected chi connectivity index (χ2v) is 14.5. The molecule has 0 saturated carbocycles. The molecule has 11 rings (SSSR count). The summed E-state index contributed by atoms with van der Waals surface area (Å²) in [7, 11) is 0. The summed E-state index contributed by atoms with van der Waals surface area (Å²) in [5.74, 6) is 1.90. The van der Waals surface area contributed by atoms with Gasteiger partial charge in [0.05, 0.1) is 27.8 Å². The van der Waals surface area contributed by atoms with E-state index in [0.29, 0.717) is 17.5 Å². The van der Waals surface area contributed by atoms with Crippen LogP contribution in [0.2, 0.25) is 0 Å². The molecule has 0 radical (unpaired) electrons. The molecule has 0 saturated heterocycles. The summed E-state index contributed by atoms with van der Waals surface area (Å²) in [5.41, 5.74) is 13.1. The molecule has 8 aromatic carbocycles. The van der Waals surface area contributed by atoms with Gasteiger partial charge in [0.2, 0.25) is 0 Å². The second kappa shape index (κ2) is 13.3. The van der Waals surface area contributed by atoms with Crippen LogP contribution < -0.4 is 0 Å². The van der Waals surface area contributed by atoms with E-state index in [1.165, 1.54) is 38.1 Å². The van der Waals surface area contributed by atoms with Gasteiger partial charge in [0, 0.05) is 49.5 Å². The largest absolute Gasteiger partial charge is 0.309 e. The SMILES string of the molecule is Cc1cccc(-c2cc(-c3nc(-c4ccccc4)nc(-c4ccccc4)n3)ccc2-n2c3ccccc3c3c2ccc2c4ccccc4n(-c4ccccc4)c23)c1. The molecule has 0 amide bonds. The molecule has 0 unspecified atom stereocenters. The van der Waals surface area contributed by atoms with Crippen molar-refractivity contribution in [3.8, 4) is 56.7 Å². The molecule has 0 atom stereocenters. The minimum Gasteiger partial charge on any atom is -0.309 e. The number of hydrogen-bond donors (Lipinski definition) is 0. The fourth-order valence-corrected chi connectivity index (χ4v) is 8.47. The molecular weight excluding hydrogens is 695 g/mol. The molecule has 11 aromatic rings. The molecule has 3 aromatic heterocycles. The molecule has 0 aliphatic rings. The number of aromatic nitrogens is 5. The summed E-state index contributed by atoms with van der Waals surface area (Å²) in [5, 5.41) is 4.90. The van der Waals surface area contributed by atoms with E-state index in [2.05, 4.69) is 150 Å². The lowest BCUT2D eigenvalue weighted by molar-refractivity contribution is 1.07. The van der Waals surface area contributed by atoms with Crippen LogP contribution in [0.1, 0.15) is 5.56 Å². The summed E-state index contributed by atoms with van der Waals surface area (Å²) in [6.07, 6.45) is 0. The zero-order valence-electron chi connectivity index (χ0n) is 31.2. The molecule has 3 heterocycles. The molecule has 268 valence electrons. The van der Waals surface area contributed by atoms with E-state index in [0.717, 1.165) is 50.2 Å². The maximum Gasteiger partial charge on any atom is 0.164 e. The molecule has 0 bridgehead atoms. The predicted molar refractivity (Wildman–Crippen MR) is 235 cm³/mol. The van der Waals surface area contributed by atoms with Crippen LogP contribution in [0.15, 0.2) is 194 Å². The van der Waals surface area contributed by atoms with Crippen LogP contribution in [-0.4, -0.2) is 24.1 Å². The number of rotatable bonds is 6. The highest BCUT2D eigenvalue weighted by Crippen LogP contribution is 2.44. The molecule has 0 spiro atoms. The number of benzene rings is 8. The van der Waals surface area contributed by atoms with Crippen LogP contribution >= 0.6 is 0 Å². The lowest BCUT2D eigenvalue weighted by Crippen LogP contribution is -2.02. The summed E-state index contributed by atoms with van der Waals surface area (Å²) < 4.78 is 4.88. The maximum atomic E-state index is 5.11. The molecule has 0 N–H and O–H groups in total. The van der Waals surface area contributed by atoms with Gasteiger partial charge in [-0.2, -0.15) is 0 Å². The van der Waals surface area contributed by atoms with Crippen LogP contribution in [0.25, 0.3) is 100 Å². The fourth-order valence-electron chi connectivity index (χ4n) is 8.47. The van der Waals surface area contributed by atoms with Crippen molar-refractivity contribution >= 4 is 43.6 Å². The fraction of sp³-hybridized carbons (Fsp3) is 0.0192. The van der Waals surface area contributed by atoms with E-state index in [1.807, 2.05) is 60.7 Å². The van der Waals surface area contributed by atoms with Crippen LogP contribution in [0, 0.1) is 6.92 Å². The van der Waals surface area contributed by atoms with Gasteiger partial charge in [0.1, 0.15) is 0 Å². The Bertz CT molecular complexity index is 3230. The maximum absolute atomic E-state index is 5.11. The third-order valence-corrected chi connectivity index (χ3v) is 11.0. The van der Waals surface area contributed by atoms with Crippen LogP contribution in [0.3, 0.4) is 0 Å². The first kappa shape index (κ1) is 32.8. The summed E-state index contributed by atoms with van der Waals surface area (Å²) in [6, 6.07) is 68.6. The quantitative estimate of drug-likeness (QED) is 0.171. The van der Waals surface area contributed by atoms with Crippen LogP contribution in [0.4, 0.5) is 0 Å². The van der Waals surface area contributed by atoms with Crippen molar-refractivity contribution in [1.29, 1.82) is 0 Å². The van der Waals surface area contributed by atoms with E-state index in [1.54, 1.807) is 0 Å². The third kappa shape index (κ3) is 5.43. The van der Waals surface area contributed by atoms with Crippen molar-refractivity contribution in [3.05, 3.63) is 200 Å². The molecule has 0 fully saturated rings. The van der Waals surface area contributed by atoms with Gasteiger partial charge in [0.15, 0.2) is 17.5 Å². The first-order valence-corrected chi connectivity index (χ1v) is 19.3. The average Bonchev–Trinajstić information content (AvgIpc) is 3.80. The second-order valence-electron chi connectivity index (χ2n) is 14.5. The predicted octanol–water partition coefficient (Wildman–Crippen LogP) is 13.0. The molecular formula is C52H35N5. The summed E-state index contributed by atoms with van der Waals surface area (Å²) in [6.45, 7) is 2.15. The third-order valence-electron chi connectivity index (χ3n) is 11.0. The first-order valence-electron chi connectivity index (χ1n) is 19.3. The van der Waals surface area contributed by atoms with Gasteiger partial charge in [-0.15, -0.1) is 0 Å². The van der Waals surface area contributed by atoms with Crippen molar-refractivity contribution in [2.24, 2.45) is 0 Å². The van der Waals surface area contributed by atoms with E-state index in [4.69, 9.17) is 15.0 Å².